The summed E-state index contributed by atoms with van der Waals surface area (Å²) in [6.45, 7) is 2.03. The normalized spacial score (nSPS) is 16.6. The first-order valence-corrected chi connectivity index (χ1v) is 8.78. The third-order valence-electron chi connectivity index (χ3n) is 3.73. The van der Waals surface area contributed by atoms with E-state index in [1.54, 1.807) is 4.90 Å². The van der Waals surface area contributed by atoms with E-state index in [0.29, 0.717) is 5.70 Å². The van der Waals surface area contributed by atoms with Crippen molar-refractivity contribution in [2.45, 2.75) is 6.92 Å². The molecule has 0 saturated carbocycles. The van der Waals surface area contributed by atoms with Crippen LogP contribution in [0.2, 0.25) is 0 Å². The van der Waals surface area contributed by atoms with Gasteiger partial charge in [0.25, 0.3) is 0 Å². The molecular weight excluding hydrogens is 419 g/mol. The molecule has 2 aromatic carbocycles. The van der Waals surface area contributed by atoms with E-state index in [-0.39, 0.29) is 5.91 Å². The van der Waals surface area contributed by atoms with E-state index in [4.69, 9.17) is 0 Å². The van der Waals surface area contributed by atoms with Crippen LogP contribution >= 0.6 is 15.9 Å². The Morgan fingerprint density at radius 1 is 1.04 bits per heavy atom. The molecule has 0 N–H and O–H groups in total. The Balaban J connectivity index is 1.97. The van der Waals surface area contributed by atoms with Gasteiger partial charge in [-0.2, -0.15) is 0 Å². The van der Waals surface area contributed by atoms with Gasteiger partial charge in [-0.15, -0.1) is 0 Å². The maximum absolute atomic E-state index is 12.8. The Bertz CT molecular complexity index is 797. The molecule has 116 valence electrons. The summed E-state index contributed by atoms with van der Waals surface area (Å²) in [7, 11) is 1.89. The number of benzene rings is 2. The predicted octanol–water partition coefficient (Wildman–Crippen LogP) is 3.33. The zero-order chi connectivity index (χ0) is 16.6. The first-order valence-electron chi connectivity index (χ1n) is 7.13. The quantitative estimate of drug-likeness (QED) is 0.535. The molecule has 0 aromatic heterocycles. The van der Waals surface area contributed by atoms with Gasteiger partial charge in [0, 0.05) is 0 Å². The number of carbonyl (C=O) groups is 1. The van der Waals surface area contributed by atoms with E-state index in [2.05, 4.69) is 31.5 Å². The molecule has 3 nitrogen and oxygen atoms in total. The molecule has 0 spiro atoms. The fourth-order valence-corrected chi connectivity index (χ4v) is 3.26. The van der Waals surface area contributed by atoms with Crippen molar-refractivity contribution in [3.8, 4) is 0 Å². The number of likely N-dealkylation sites (N-methyl/N-ethyl adjacent to an activating group) is 1. The van der Waals surface area contributed by atoms with Crippen LogP contribution in [0.5, 0.6) is 0 Å². The summed E-state index contributed by atoms with van der Waals surface area (Å²) >= 11 is 6.43. The molecular formula is C18H15BrN2OSe. The van der Waals surface area contributed by atoms with Crippen LogP contribution in [0.15, 0.2) is 58.7 Å². The van der Waals surface area contributed by atoms with Gasteiger partial charge in [-0.25, -0.2) is 0 Å². The second-order valence-corrected chi connectivity index (χ2v) is 7.08. The van der Waals surface area contributed by atoms with Crippen molar-refractivity contribution in [3.05, 3.63) is 69.8 Å². The zero-order valence-electron chi connectivity index (χ0n) is 12.8. The van der Waals surface area contributed by atoms with Crippen LogP contribution in [0, 0.1) is 6.92 Å². The Labute approximate surface area is 152 Å². The first-order chi connectivity index (χ1) is 11.0. The Morgan fingerprint density at radius 2 is 1.65 bits per heavy atom. The Hall–Kier alpha value is -1.68. The number of hydrogen-bond donors (Lipinski definition) is 0. The van der Waals surface area contributed by atoms with Crippen molar-refractivity contribution < 1.29 is 4.79 Å². The van der Waals surface area contributed by atoms with E-state index in [0.717, 1.165) is 20.4 Å². The van der Waals surface area contributed by atoms with E-state index in [1.165, 1.54) is 5.56 Å². The number of amides is 1. The number of nitrogens with zero attached hydrogens (tertiary/aromatic N) is 2. The molecule has 1 aliphatic rings. The van der Waals surface area contributed by atoms with Gasteiger partial charge < -0.3 is 0 Å². The summed E-state index contributed by atoms with van der Waals surface area (Å²) in [5.74, 6) is -0.0342. The predicted molar refractivity (Wildman–Crippen MR) is 99.3 cm³/mol. The Kier molecular flexibility index (Phi) is 4.53. The third-order valence-corrected chi connectivity index (χ3v) is 5.21. The number of hydrogen-bond acceptors (Lipinski definition) is 2. The molecule has 0 atom stereocenters. The molecule has 0 radical (unpaired) electrons. The molecule has 1 saturated heterocycles. The molecule has 3 rings (SSSR count). The maximum atomic E-state index is 12.8. The summed E-state index contributed by atoms with van der Waals surface area (Å²) in [5, 5.41) is 0. The zero-order valence-corrected chi connectivity index (χ0v) is 16.1. The summed E-state index contributed by atoms with van der Waals surface area (Å²) in [6, 6.07) is 15.8. The number of aryl methyl sites for hydroxylation is 1. The van der Waals surface area contributed by atoms with Gasteiger partial charge in [0.2, 0.25) is 0 Å². The van der Waals surface area contributed by atoms with Crippen LogP contribution in [0.25, 0.3) is 6.08 Å². The van der Waals surface area contributed by atoms with Crippen molar-refractivity contribution in [1.29, 1.82) is 0 Å². The third kappa shape index (κ3) is 3.18. The van der Waals surface area contributed by atoms with E-state index in [9.17, 15) is 4.79 Å². The van der Waals surface area contributed by atoms with E-state index < -0.39 is 0 Å². The van der Waals surface area contributed by atoms with Crippen molar-refractivity contribution >= 4 is 53.8 Å². The number of halogens is 1. The van der Waals surface area contributed by atoms with Crippen molar-refractivity contribution in [3.63, 3.8) is 0 Å². The second-order valence-electron chi connectivity index (χ2n) is 5.40. The van der Waals surface area contributed by atoms with Crippen molar-refractivity contribution in [1.82, 2.24) is 4.90 Å². The van der Waals surface area contributed by atoms with Crippen molar-refractivity contribution in [2.24, 2.45) is 0 Å². The minimum absolute atomic E-state index is 0.0342. The molecule has 0 aliphatic carbocycles. The summed E-state index contributed by atoms with van der Waals surface area (Å²) in [4.78, 5) is 16.4. The number of rotatable bonds is 2. The van der Waals surface area contributed by atoms with Gasteiger partial charge in [0.05, 0.1) is 0 Å². The fraction of sp³-hybridized carbons (Fsp3) is 0.111. The minimum atomic E-state index is -0.0342. The summed E-state index contributed by atoms with van der Waals surface area (Å²) in [6.07, 6.45) is 1.90. The molecule has 5 heteroatoms. The average molecular weight is 434 g/mol. The van der Waals surface area contributed by atoms with Gasteiger partial charge in [0.1, 0.15) is 0 Å². The van der Waals surface area contributed by atoms with Gasteiger partial charge >= 0.3 is 152 Å². The SMILES string of the molecule is Cc1ccc(N2C(=O)C(=Cc3ccc(Br)cc3)N(C)C2=[Se])cc1. The van der Waals surface area contributed by atoms with Gasteiger partial charge in [0.15, 0.2) is 0 Å². The molecule has 0 unspecified atom stereocenters. The van der Waals surface area contributed by atoms with Crippen LogP contribution in [-0.4, -0.2) is 38.1 Å². The van der Waals surface area contributed by atoms with Gasteiger partial charge in [-0.3, -0.25) is 0 Å². The second kappa shape index (κ2) is 6.44. The first kappa shape index (κ1) is 16.2. The van der Waals surface area contributed by atoms with Gasteiger partial charge in [-0.05, 0) is 0 Å². The average Bonchev–Trinajstić information content (AvgIpc) is 2.74. The summed E-state index contributed by atoms with van der Waals surface area (Å²) < 4.78 is 1.80. The number of anilines is 1. The van der Waals surface area contributed by atoms with Crippen molar-refractivity contribution in [2.75, 3.05) is 11.9 Å². The Morgan fingerprint density at radius 3 is 2.26 bits per heavy atom. The molecule has 0 bridgehead atoms. The van der Waals surface area contributed by atoms with E-state index >= 15 is 0 Å². The topological polar surface area (TPSA) is 23.6 Å². The summed E-state index contributed by atoms with van der Waals surface area (Å²) in [5.41, 5.74) is 3.66. The van der Waals surface area contributed by atoms with Crippen LogP contribution in [0.1, 0.15) is 11.1 Å². The van der Waals surface area contributed by atoms with Gasteiger partial charge in [-0.1, -0.05) is 0 Å². The fourth-order valence-electron chi connectivity index (χ4n) is 2.39. The van der Waals surface area contributed by atoms with E-state index in [1.807, 2.05) is 73.5 Å². The standard InChI is InChI=1S/C18H15BrN2OSe/c1-12-3-9-15(10-4-12)21-17(22)16(20(2)18(21)23)11-13-5-7-14(19)8-6-13/h3-11H,1-2H3. The molecule has 1 aliphatic heterocycles. The molecule has 1 fully saturated rings. The molecule has 1 heterocycles. The molecule has 1 amide bonds. The van der Waals surface area contributed by atoms with Crippen LogP contribution in [0.3, 0.4) is 0 Å². The molecule has 2 aromatic rings. The van der Waals surface area contributed by atoms with Crippen LogP contribution < -0.4 is 4.90 Å². The van der Waals surface area contributed by atoms with Crippen LogP contribution in [-0.2, 0) is 4.79 Å². The molecule has 23 heavy (non-hydrogen) atoms. The van der Waals surface area contributed by atoms with Crippen LogP contribution in [0.4, 0.5) is 5.69 Å². The number of carbonyl (C=O) groups excluding carboxylic acids is 1. The monoisotopic (exact) mass is 434 g/mol.